The van der Waals surface area contributed by atoms with Crippen molar-refractivity contribution in [2.75, 3.05) is 20.1 Å². The molecule has 2 aliphatic rings. The van der Waals surface area contributed by atoms with Gasteiger partial charge >= 0.3 is 0 Å². The SMILES string of the molecule is CC(C)C(=O)N1Cc2ccccc2CC2(CCCCN2C)C1. The van der Waals surface area contributed by atoms with Gasteiger partial charge in [0.15, 0.2) is 0 Å². The Morgan fingerprint density at radius 1 is 1.18 bits per heavy atom. The molecule has 1 fully saturated rings. The first-order chi connectivity index (χ1) is 10.5. The summed E-state index contributed by atoms with van der Waals surface area (Å²) in [4.78, 5) is 17.3. The molecule has 1 saturated heterocycles. The topological polar surface area (TPSA) is 23.6 Å². The van der Waals surface area contributed by atoms with E-state index in [1.54, 1.807) is 0 Å². The van der Waals surface area contributed by atoms with Crippen molar-refractivity contribution in [3.05, 3.63) is 35.4 Å². The third kappa shape index (κ3) is 2.79. The molecule has 1 aromatic carbocycles. The van der Waals surface area contributed by atoms with Crippen molar-refractivity contribution in [3.8, 4) is 0 Å². The van der Waals surface area contributed by atoms with Crippen molar-refractivity contribution in [2.45, 2.75) is 51.6 Å². The van der Waals surface area contributed by atoms with Crippen LogP contribution in [0.3, 0.4) is 0 Å². The van der Waals surface area contributed by atoms with Crippen LogP contribution in [0.2, 0.25) is 0 Å². The van der Waals surface area contributed by atoms with Crippen molar-refractivity contribution in [2.24, 2.45) is 5.92 Å². The average Bonchev–Trinajstić information content (AvgIpc) is 2.66. The summed E-state index contributed by atoms with van der Waals surface area (Å²) in [6.07, 6.45) is 4.81. The second-order valence-corrected chi connectivity index (χ2v) is 7.40. The molecular weight excluding hydrogens is 272 g/mol. The number of benzene rings is 1. The highest BCUT2D eigenvalue weighted by molar-refractivity contribution is 5.78. The van der Waals surface area contributed by atoms with Crippen molar-refractivity contribution in [1.82, 2.24) is 9.80 Å². The average molecular weight is 300 g/mol. The normalized spacial score (nSPS) is 26.1. The van der Waals surface area contributed by atoms with Crippen LogP contribution in [0.1, 0.15) is 44.2 Å². The number of hydrogen-bond donors (Lipinski definition) is 0. The molecule has 1 atom stereocenters. The molecule has 3 rings (SSSR count). The van der Waals surface area contributed by atoms with Crippen LogP contribution in [0.15, 0.2) is 24.3 Å². The smallest absolute Gasteiger partial charge is 0.225 e. The van der Waals surface area contributed by atoms with Gasteiger partial charge in [0.1, 0.15) is 0 Å². The minimum Gasteiger partial charge on any atom is -0.336 e. The van der Waals surface area contributed by atoms with Crippen LogP contribution in [0.4, 0.5) is 0 Å². The number of piperidine rings is 1. The Morgan fingerprint density at radius 2 is 1.91 bits per heavy atom. The maximum absolute atomic E-state index is 12.7. The Hall–Kier alpha value is -1.35. The molecule has 1 aromatic rings. The predicted octanol–water partition coefficient (Wildman–Crippen LogP) is 3.08. The van der Waals surface area contributed by atoms with Crippen LogP contribution in [0.25, 0.3) is 0 Å². The van der Waals surface area contributed by atoms with Crippen LogP contribution in [-0.4, -0.2) is 41.4 Å². The summed E-state index contributed by atoms with van der Waals surface area (Å²) >= 11 is 0. The summed E-state index contributed by atoms with van der Waals surface area (Å²) in [5.74, 6) is 0.353. The van der Waals surface area contributed by atoms with Crippen molar-refractivity contribution < 1.29 is 4.79 Å². The quantitative estimate of drug-likeness (QED) is 0.796. The predicted molar refractivity (Wildman–Crippen MR) is 89.6 cm³/mol. The second-order valence-electron chi connectivity index (χ2n) is 7.40. The van der Waals surface area contributed by atoms with E-state index in [4.69, 9.17) is 0 Å². The number of carbonyl (C=O) groups excluding carboxylic acids is 1. The van der Waals surface area contributed by atoms with Crippen LogP contribution < -0.4 is 0 Å². The van der Waals surface area contributed by atoms with Gasteiger partial charge < -0.3 is 4.90 Å². The van der Waals surface area contributed by atoms with E-state index in [-0.39, 0.29) is 17.4 Å². The van der Waals surface area contributed by atoms with Crippen molar-refractivity contribution in [3.63, 3.8) is 0 Å². The number of carbonyl (C=O) groups is 1. The number of likely N-dealkylation sites (N-methyl/N-ethyl adjacent to an activating group) is 1. The fourth-order valence-corrected chi connectivity index (χ4v) is 4.09. The molecule has 0 aliphatic carbocycles. The largest absolute Gasteiger partial charge is 0.336 e. The van der Waals surface area contributed by atoms with E-state index in [9.17, 15) is 4.79 Å². The Bertz CT molecular complexity index is 554. The Balaban J connectivity index is 2.00. The van der Waals surface area contributed by atoms with E-state index in [2.05, 4.69) is 41.1 Å². The first-order valence-corrected chi connectivity index (χ1v) is 8.59. The summed E-state index contributed by atoms with van der Waals surface area (Å²) in [6, 6.07) is 8.68. The first-order valence-electron chi connectivity index (χ1n) is 8.59. The molecule has 1 amide bonds. The van der Waals surface area contributed by atoms with E-state index >= 15 is 0 Å². The highest BCUT2D eigenvalue weighted by atomic mass is 16.2. The van der Waals surface area contributed by atoms with Gasteiger partial charge in [-0.05, 0) is 44.0 Å². The van der Waals surface area contributed by atoms with Gasteiger partial charge in [0.2, 0.25) is 5.91 Å². The zero-order chi connectivity index (χ0) is 15.7. The minimum absolute atomic E-state index is 0.0659. The summed E-state index contributed by atoms with van der Waals surface area (Å²) in [5.41, 5.74) is 2.87. The molecule has 0 aromatic heterocycles. The third-order valence-corrected chi connectivity index (χ3v) is 5.49. The molecule has 3 nitrogen and oxygen atoms in total. The van der Waals surface area contributed by atoms with Gasteiger partial charge in [-0.2, -0.15) is 0 Å². The fourth-order valence-electron chi connectivity index (χ4n) is 4.09. The zero-order valence-corrected chi connectivity index (χ0v) is 14.1. The van der Waals surface area contributed by atoms with Gasteiger partial charge in [0.25, 0.3) is 0 Å². The molecule has 0 radical (unpaired) electrons. The molecule has 1 spiro atoms. The van der Waals surface area contributed by atoms with Crippen molar-refractivity contribution >= 4 is 5.91 Å². The number of likely N-dealkylation sites (tertiary alicyclic amines) is 1. The van der Waals surface area contributed by atoms with Gasteiger partial charge in [-0.1, -0.05) is 44.5 Å². The molecule has 0 saturated carbocycles. The van der Waals surface area contributed by atoms with Gasteiger partial charge in [-0.15, -0.1) is 0 Å². The van der Waals surface area contributed by atoms with Crippen LogP contribution in [0.5, 0.6) is 0 Å². The molecule has 22 heavy (non-hydrogen) atoms. The van der Waals surface area contributed by atoms with Crippen molar-refractivity contribution in [1.29, 1.82) is 0 Å². The number of fused-ring (bicyclic) bond motifs is 1. The standard InChI is InChI=1S/C19H28N2O/c1-15(2)18(22)21-13-17-9-5-4-8-16(17)12-19(14-21)10-6-7-11-20(19)3/h4-5,8-9,15H,6-7,10-14H2,1-3H3. The second kappa shape index (κ2) is 6.04. The van der Waals surface area contributed by atoms with Gasteiger partial charge in [0.05, 0.1) is 0 Å². The molecule has 2 heterocycles. The monoisotopic (exact) mass is 300 g/mol. The lowest BCUT2D eigenvalue weighted by molar-refractivity contribution is -0.137. The first kappa shape index (κ1) is 15.5. The van der Waals surface area contributed by atoms with Gasteiger partial charge in [-0.25, -0.2) is 0 Å². The number of rotatable bonds is 1. The van der Waals surface area contributed by atoms with Crippen LogP contribution >= 0.6 is 0 Å². The summed E-state index contributed by atoms with van der Waals surface area (Å²) in [7, 11) is 2.24. The summed E-state index contributed by atoms with van der Waals surface area (Å²) in [5, 5.41) is 0. The van der Waals surface area contributed by atoms with E-state index in [0.29, 0.717) is 0 Å². The summed E-state index contributed by atoms with van der Waals surface area (Å²) < 4.78 is 0. The van der Waals surface area contributed by atoms with E-state index in [0.717, 1.165) is 26.1 Å². The maximum Gasteiger partial charge on any atom is 0.225 e. The van der Waals surface area contributed by atoms with Gasteiger partial charge in [0, 0.05) is 24.5 Å². The molecular formula is C19H28N2O. The lowest BCUT2D eigenvalue weighted by atomic mass is 9.81. The number of nitrogens with zero attached hydrogens (tertiary/aromatic N) is 2. The van der Waals surface area contributed by atoms with E-state index < -0.39 is 0 Å². The van der Waals surface area contributed by atoms with E-state index in [1.807, 2.05) is 13.8 Å². The van der Waals surface area contributed by atoms with E-state index in [1.165, 1.54) is 30.4 Å². The Morgan fingerprint density at radius 3 is 2.59 bits per heavy atom. The Kier molecular flexibility index (Phi) is 4.26. The molecule has 3 heteroatoms. The Labute approximate surface area is 134 Å². The van der Waals surface area contributed by atoms with Gasteiger partial charge in [-0.3, -0.25) is 9.69 Å². The zero-order valence-electron chi connectivity index (χ0n) is 14.1. The number of hydrogen-bond acceptors (Lipinski definition) is 2. The fraction of sp³-hybridized carbons (Fsp3) is 0.632. The molecule has 120 valence electrons. The third-order valence-electron chi connectivity index (χ3n) is 5.49. The summed E-state index contributed by atoms with van der Waals surface area (Å²) in [6.45, 7) is 6.80. The lowest BCUT2D eigenvalue weighted by Crippen LogP contribution is -2.57. The minimum atomic E-state index is 0.0659. The molecule has 0 bridgehead atoms. The molecule has 2 aliphatic heterocycles. The lowest BCUT2D eigenvalue weighted by Gasteiger charge is -2.47. The number of amides is 1. The molecule has 0 N–H and O–H groups in total. The highest BCUT2D eigenvalue weighted by Crippen LogP contribution is 2.35. The molecule has 1 unspecified atom stereocenters. The highest BCUT2D eigenvalue weighted by Gasteiger charge is 2.41. The van der Waals surface area contributed by atoms with Crippen LogP contribution in [-0.2, 0) is 17.8 Å². The van der Waals surface area contributed by atoms with Crippen LogP contribution in [0, 0.1) is 5.92 Å². The maximum atomic E-state index is 12.7.